The fraction of sp³-hybridized carbons (Fsp3) is 0.500. The van der Waals surface area contributed by atoms with Crippen LogP contribution >= 0.6 is 0 Å². The van der Waals surface area contributed by atoms with Gasteiger partial charge in [0.1, 0.15) is 11.6 Å². The van der Waals surface area contributed by atoms with E-state index in [-0.39, 0.29) is 11.7 Å². The number of hydrogen-bond acceptors (Lipinski definition) is 3. The molecule has 0 fully saturated rings. The fourth-order valence-corrected chi connectivity index (χ4v) is 3.65. The number of carboxylic acids is 1. The average Bonchev–Trinajstić information content (AvgIpc) is 2.83. The molecule has 6 nitrogen and oxygen atoms in total. The molecule has 192 valence electrons. The summed E-state index contributed by atoms with van der Waals surface area (Å²) in [6, 6.07) is 11.7. The number of rotatable bonds is 14. The first-order chi connectivity index (χ1) is 16.7. The lowest BCUT2D eigenvalue weighted by Gasteiger charge is -2.25. The highest BCUT2D eigenvalue weighted by Gasteiger charge is 2.33. The molecule has 0 saturated carbocycles. The van der Waals surface area contributed by atoms with Crippen molar-refractivity contribution >= 4 is 17.7 Å². The number of hydrogen-bond donors (Lipinski definition) is 2. The van der Waals surface area contributed by atoms with Gasteiger partial charge >= 0.3 is 12.0 Å². The minimum Gasteiger partial charge on any atom is -0.478 e. The third-order valence-corrected chi connectivity index (χ3v) is 6.25. The Labute approximate surface area is 208 Å². The SMILES string of the molecule is CCCCCCCN(CCc1ccc(OC(C)(CC)C(=O)O)cc1)C(=O)Nc1ccc(C)cc1F. The van der Waals surface area contributed by atoms with Crippen LogP contribution in [-0.2, 0) is 11.2 Å². The van der Waals surface area contributed by atoms with Gasteiger partial charge < -0.3 is 20.1 Å². The summed E-state index contributed by atoms with van der Waals surface area (Å²) in [5, 5.41) is 12.1. The molecule has 0 heterocycles. The van der Waals surface area contributed by atoms with Crippen molar-refractivity contribution in [3.05, 3.63) is 59.4 Å². The van der Waals surface area contributed by atoms with Gasteiger partial charge in [0.05, 0.1) is 5.69 Å². The maximum Gasteiger partial charge on any atom is 0.347 e. The Balaban J connectivity index is 2.02. The van der Waals surface area contributed by atoms with Crippen LogP contribution in [0, 0.1) is 12.7 Å². The van der Waals surface area contributed by atoms with Gasteiger partial charge in [-0.05, 0) is 68.5 Å². The van der Waals surface area contributed by atoms with E-state index < -0.39 is 17.4 Å². The van der Waals surface area contributed by atoms with Gasteiger partial charge in [0.2, 0.25) is 5.60 Å². The summed E-state index contributed by atoms with van der Waals surface area (Å²) < 4.78 is 20.0. The molecule has 2 rings (SSSR count). The number of halogens is 1. The summed E-state index contributed by atoms with van der Waals surface area (Å²) in [5.74, 6) is -0.965. The van der Waals surface area contributed by atoms with Gasteiger partial charge in [-0.25, -0.2) is 14.0 Å². The molecule has 2 N–H and O–H groups in total. The van der Waals surface area contributed by atoms with Crippen molar-refractivity contribution in [2.24, 2.45) is 0 Å². The molecule has 2 aromatic rings. The molecule has 0 radical (unpaired) electrons. The van der Waals surface area contributed by atoms with Crippen molar-refractivity contribution in [3.8, 4) is 5.75 Å². The number of unbranched alkanes of at least 4 members (excludes halogenated alkanes) is 4. The second kappa shape index (κ2) is 13.7. The molecule has 1 atom stereocenters. The van der Waals surface area contributed by atoms with Gasteiger partial charge in [-0.2, -0.15) is 0 Å². The predicted molar refractivity (Wildman–Crippen MR) is 138 cm³/mol. The van der Waals surface area contributed by atoms with Gasteiger partial charge in [-0.1, -0.05) is 57.7 Å². The predicted octanol–water partition coefficient (Wildman–Crippen LogP) is 6.81. The molecular formula is C28H39FN2O4. The zero-order chi connectivity index (χ0) is 25.8. The number of urea groups is 1. The molecule has 0 spiro atoms. The number of amides is 2. The largest absolute Gasteiger partial charge is 0.478 e. The summed E-state index contributed by atoms with van der Waals surface area (Å²) in [4.78, 5) is 26.2. The normalized spacial score (nSPS) is 12.6. The molecule has 7 heteroatoms. The van der Waals surface area contributed by atoms with Crippen molar-refractivity contribution in [1.29, 1.82) is 0 Å². The van der Waals surface area contributed by atoms with Crippen molar-refractivity contribution in [2.45, 2.75) is 78.2 Å². The lowest BCUT2D eigenvalue weighted by Crippen LogP contribution is -2.40. The number of aliphatic carboxylic acids is 1. The van der Waals surface area contributed by atoms with Crippen molar-refractivity contribution in [1.82, 2.24) is 4.90 Å². The van der Waals surface area contributed by atoms with Gasteiger partial charge in [0, 0.05) is 13.1 Å². The van der Waals surface area contributed by atoms with E-state index in [0.29, 0.717) is 31.7 Å². The molecule has 0 saturated heterocycles. The number of nitrogens with zero attached hydrogens (tertiary/aromatic N) is 1. The van der Waals surface area contributed by atoms with Gasteiger partial charge in [-0.3, -0.25) is 0 Å². The van der Waals surface area contributed by atoms with Crippen molar-refractivity contribution < 1.29 is 23.8 Å². The van der Waals surface area contributed by atoms with E-state index in [1.165, 1.54) is 12.5 Å². The number of carboxylic acid groups (broad SMARTS) is 1. The molecule has 35 heavy (non-hydrogen) atoms. The maximum atomic E-state index is 14.3. The van der Waals surface area contributed by atoms with Crippen LogP contribution in [0.1, 0.15) is 70.4 Å². The highest BCUT2D eigenvalue weighted by Crippen LogP contribution is 2.23. The molecule has 0 aliphatic heterocycles. The number of anilines is 1. The summed E-state index contributed by atoms with van der Waals surface area (Å²) in [5.41, 5.74) is 0.689. The zero-order valence-corrected chi connectivity index (χ0v) is 21.4. The van der Waals surface area contributed by atoms with Crippen LogP contribution in [0.5, 0.6) is 5.75 Å². The molecule has 2 amide bonds. The molecule has 2 aromatic carbocycles. The van der Waals surface area contributed by atoms with E-state index in [1.54, 1.807) is 49.9 Å². The smallest absolute Gasteiger partial charge is 0.347 e. The summed E-state index contributed by atoms with van der Waals surface area (Å²) in [6.07, 6.45) is 6.35. The number of aryl methyl sites for hydroxylation is 1. The number of ether oxygens (including phenoxy) is 1. The molecule has 0 aromatic heterocycles. The monoisotopic (exact) mass is 486 g/mol. The van der Waals surface area contributed by atoms with E-state index in [0.717, 1.165) is 36.8 Å². The molecular weight excluding hydrogens is 447 g/mol. The van der Waals surface area contributed by atoms with Gasteiger partial charge in [-0.15, -0.1) is 0 Å². The highest BCUT2D eigenvalue weighted by atomic mass is 19.1. The van der Waals surface area contributed by atoms with Crippen LogP contribution in [0.2, 0.25) is 0 Å². The second-order valence-electron chi connectivity index (χ2n) is 9.20. The summed E-state index contributed by atoms with van der Waals surface area (Å²) >= 11 is 0. The van der Waals surface area contributed by atoms with Crippen LogP contribution in [0.4, 0.5) is 14.9 Å². The number of benzene rings is 2. The molecule has 0 aliphatic rings. The van der Waals surface area contributed by atoms with Crippen LogP contribution < -0.4 is 10.1 Å². The van der Waals surface area contributed by atoms with Gasteiger partial charge in [0.15, 0.2) is 0 Å². The summed E-state index contributed by atoms with van der Waals surface area (Å²) in [6.45, 7) is 8.37. The molecule has 0 aliphatic carbocycles. The standard InChI is InChI=1S/C28H39FN2O4/c1-5-7-8-9-10-18-31(27(34)30-25-16-11-21(3)20-24(25)29)19-17-22-12-14-23(15-13-22)35-28(4,6-2)26(32)33/h11-16,20H,5-10,17-19H2,1-4H3,(H,30,34)(H,32,33). The lowest BCUT2D eigenvalue weighted by atomic mass is 10.0. The minimum atomic E-state index is -1.28. The number of carbonyl (C=O) groups is 2. The Kier molecular flexibility index (Phi) is 11.0. The highest BCUT2D eigenvalue weighted by molar-refractivity contribution is 5.89. The third-order valence-electron chi connectivity index (χ3n) is 6.25. The third kappa shape index (κ3) is 8.89. The Bertz CT molecular complexity index is 964. The van der Waals surface area contributed by atoms with E-state index in [2.05, 4.69) is 12.2 Å². The average molecular weight is 487 g/mol. The topological polar surface area (TPSA) is 78.9 Å². The zero-order valence-electron chi connectivity index (χ0n) is 21.4. The molecule has 0 bridgehead atoms. The maximum absolute atomic E-state index is 14.3. The van der Waals surface area contributed by atoms with Crippen molar-refractivity contribution in [3.63, 3.8) is 0 Å². The lowest BCUT2D eigenvalue weighted by molar-refractivity contribution is -0.154. The molecule has 1 unspecified atom stereocenters. The first-order valence-electron chi connectivity index (χ1n) is 12.5. The van der Waals surface area contributed by atoms with Crippen LogP contribution in [0.25, 0.3) is 0 Å². The van der Waals surface area contributed by atoms with E-state index in [1.807, 2.05) is 12.1 Å². The Morgan fingerprint density at radius 3 is 2.31 bits per heavy atom. The Morgan fingerprint density at radius 2 is 1.71 bits per heavy atom. The van der Waals surface area contributed by atoms with E-state index in [4.69, 9.17) is 4.74 Å². The first-order valence-corrected chi connectivity index (χ1v) is 12.5. The van der Waals surface area contributed by atoms with E-state index in [9.17, 15) is 19.1 Å². The fourth-order valence-electron chi connectivity index (χ4n) is 3.65. The minimum absolute atomic E-state index is 0.176. The number of carbonyl (C=O) groups excluding carboxylic acids is 1. The van der Waals surface area contributed by atoms with Crippen molar-refractivity contribution in [2.75, 3.05) is 18.4 Å². The Hall–Kier alpha value is -3.09. The van der Waals surface area contributed by atoms with Crippen LogP contribution in [0.3, 0.4) is 0 Å². The second-order valence-corrected chi connectivity index (χ2v) is 9.20. The summed E-state index contributed by atoms with van der Waals surface area (Å²) in [7, 11) is 0. The van der Waals surface area contributed by atoms with E-state index >= 15 is 0 Å². The number of nitrogens with one attached hydrogen (secondary N) is 1. The quantitative estimate of drug-likeness (QED) is 0.287. The van der Waals surface area contributed by atoms with Crippen LogP contribution in [0.15, 0.2) is 42.5 Å². The van der Waals surface area contributed by atoms with Gasteiger partial charge in [0.25, 0.3) is 0 Å². The Morgan fingerprint density at radius 1 is 1.03 bits per heavy atom. The first kappa shape index (κ1) is 28.1. The van der Waals surface area contributed by atoms with Crippen LogP contribution in [-0.4, -0.2) is 40.7 Å².